The molecule has 4 heteroatoms. The second-order valence-electron chi connectivity index (χ2n) is 4.98. The molecule has 0 aliphatic heterocycles. The van der Waals surface area contributed by atoms with Crippen LogP contribution in [0.1, 0.15) is 26.3 Å². The van der Waals surface area contributed by atoms with Crippen LogP contribution < -0.4 is 10.3 Å². The molecule has 21 heavy (non-hydrogen) atoms. The molecule has 0 saturated heterocycles. The third-order valence-corrected chi connectivity index (χ3v) is 3.13. The number of benzene rings is 1. The van der Waals surface area contributed by atoms with Crippen LogP contribution in [-0.2, 0) is 6.54 Å². The molecule has 1 aromatic heterocycles. The van der Waals surface area contributed by atoms with Gasteiger partial charge >= 0.3 is 0 Å². The number of hydrogen-bond acceptors (Lipinski definition) is 3. The van der Waals surface area contributed by atoms with E-state index in [1.807, 2.05) is 57.2 Å². The van der Waals surface area contributed by atoms with Gasteiger partial charge in [0.2, 0.25) is 0 Å². The zero-order valence-corrected chi connectivity index (χ0v) is 12.5. The van der Waals surface area contributed by atoms with Crippen molar-refractivity contribution in [3.8, 4) is 23.1 Å². The first-order valence-electron chi connectivity index (χ1n) is 6.97. The average Bonchev–Trinajstić information content (AvgIpc) is 2.47. The van der Waals surface area contributed by atoms with Crippen LogP contribution in [0, 0.1) is 11.3 Å². The van der Waals surface area contributed by atoms with E-state index in [2.05, 4.69) is 0 Å². The summed E-state index contributed by atoms with van der Waals surface area (Å²) in [5, 5.41) is 8.94. The molecular formula is C17H18N2O2. The molecule has 0 N–H and O–H groups in total. The van der Waals surface area contributed by atoms with Crippen LogP contribution >= 0.6 is 0 Å². The lowest BCUT2D eigenvalue weighted by molar-refractivity contribution is 0.242. The summed E-state index contributed by atoms with van der Waals surface area (Å²) in [5.74, 6) is 0.799. The molecule has 0 saturated carbocycles. The SMILES string of the molecule is CCn1c(-c2ccc(OC(C)C)cc2)ccc(C#N)c1=O. The van der Waals surface area contributed by atoms with Crippen molar-refractivity contribution in [2.75, 3.05) is 0 Å². The van der Waals surface area contributed by atoms with Crippen LogP contribution in [0.3, 0.4) is 0 Å². The third-order valence-electron chi connectivity index (χ3n) is 3.13. The van der Waals surface area contributed by atoms with Gasteiger partial charge in [-0.15, -0.1) is 0 Å². The van der Waals surface area contributed by atoms with Crippen molar-refractivity contribution in [1.29, 1.82) is 5.26 Å². The second-order valence-corrected chi connectivity index (χ2v) is 4.98. The highest BCUT2D eigenvalue weighted by Gasteiger charge is 2.09. The lowest BCUT2D eigenvalue weighted by atomic mass is 10.1. The van der Waals surface area contributed by atoms with Gasteiger partial charge in [-0.25, -0.2) is 0 Å². The number of nitriles is 1. The number of ether oxygens (including phenoxy) is 1. The zero-order chi connectivity index (χ0) is 15.4. The summed E-state index contributed by atoms with van der Waals surface area (Å²) in [6.07, 6.45) is 0.125. The largest absolute Gasteiger partial charge is 0.491 e. The number of hydrogen-bond donors (Lipinski definition) is 0. The Kier molecular flexibility index (Phi) is 4.44. The molecule has 2 aromatic rings. The van der Waals surface area contributed by atoms with Crippen molar-refractivity contribution in [3.05, 3.63) is 52.3 Å². The summed E-state index contributed by atoms with van der Waals surface area (Å²) in [6, 6.07) is 12.9. The molecule has 0 atom stereocenters. The molecule has 0 bridgehead atoms. The van der Waals surface area contributed by atoms with Gasteiger partial charge in [0.15, 0.2) is 0 Å². The second kappa shape index (κ2) is 6.27. The quantitative estimate of drug-likeness (QED) is 0.865. The Labute approximate surface area is 124 Å². The summed E-state index contributed by atoms with van der Waals surface area (Å²) in [6.45, 7) is 6.36. The van der Waals surface area contributed by atoms with E-state index in [1.165, 1.54) is 0 Å². The van der Waals surface area contributed by atoms with E-state index in [1.54, 1.807) is 10.6 Å². The first-order valence-corrected chi connectivity index (χ1v) is 6.97. The van der Waals surface area contributed by atoms with Gasteiger partial charge in [0.1, 0.15) is 17.4 Å². The summed E-state index contributed by atoms with van der Waals surface area (Å²) < 4.78 is 7.22. The molecule has 0 aliphatic carbocycles. The molecule has 0 radical (unpaired) electrons. The highest BCUT2D eigenvalue weighted by Crippen LogP contribution is 2.22. The molecule has 0 amide bonds. The van der Waals surface area contributed by atoms with Gasteiger partial charge in [-0.2, -0.15) is 5.26 Å². The molecule has 2 rings (SSSR count). The molecule has 4 nitrogen and oxygen atoms in total. The van der Waals surface area contributed by atoms with Crippen molar-refractivity contribution in [2.45, 2.75) is 33.4 Å². The lowest BCUT2D eigenvalue weighted by Crippen LogP contribution is -2.23. The van der Waals surface area contributed by atoms with E-state index in [4.69, 9.17) is 10.00 Å². The fraction of sp³-hybridized carbons (Fsp3) is 0.294. The Balaban J connectivity index is 2.45. The van der Waals surface area contributed by atoms with Gasteiger partial charge in [0, 0.05) is 6.54 Å². The highest BCUT2D eigenvalue weighted by molar-refractivity contribution is 5.61. The standard InChI is InChI=1S/C17H18N2O2/c1-4-19-16(10-7-14(11-18)17(19)20)13-5-8-15(9-6-13)21-12(2)3/h5-10,12H,4H2,1-3H3. The highest BCUT2D eigenvalue weighted by atomic mass is 16.5. The van der Waals surface area contributed by atoms with E-state index in [9.17, 15) is 4.79 Å². The van der Waals surface area contributed by atoms with Gasteiger partial charge in [-0.05, 0) is 62.7 Å². The fourth-order valence-electron chi connectivity index (χ4n) is 2.21. The fourth-order valence-corrected chi connectivity index (χ4v) is 2.21. The minimum Gasteiger partial charge on any atom is -0.491 e. The summed E-state index contributed by atoms with van der Waals surface area (Å²) >= 11 is 0. The Morgan fingerprint density at radius 3 is 2.38 bits per heavy atom. The molecule has 1 aromatic carbocycles. The van der Waals surface area contributed by atoms with Crippen LogP contribution in [0.2, 0.25) is 0 Å². The van der Waals surface area contributed by atoms with Gasteiger partial charge in [-0.1, -0.05) is 0 Å². The first kappa shape index (κ1) is 14.9. The Morgan fingerprint density at radius 1 is 1.19 bits per heavy atom. The summed E-state index contributed by atoms with van der Waals surface area (Å²) in [7, 11) is 0. The van der Waals surface area contributed by atoms with Gasteiger partial charge in [-0.3, -0.25) is 4.79 Å². The lowest BCUT2D eigenvalue weighted by Gasteiger charge is -2.13. The van der Waals surface area contributed by atoms with Crippen LogP contribution in [0.4, 0.5) is 0 Å². The molecule has 108 valence electrons. The topological polar surface area (TPSA) is 55.0 Å². The van der Waals surface area contributed by atoms with E-state index < -0.39 is 0 Å². The number of rotatable bonds is 4. The predicted octanol–water partition coefficient (Wildman–Crippen LogP) is 3.19. The van der Waals surface area contributed by atoms with Crippen LogP contribution in [0.15, 0.2) is 41.2 Å². The molecule has 0 aliphatic rings. The minimum absolute atomic E-state index is 0.125. The van der Waals surface area contributed by atoms with Crippen LogP contribution in [0.25, 0.3) is 11.3 Å². The Morgan fingerprint density at radius 2 is 1.86 bits per heavy atom. The Hall–Kier alpha value is -2.54. The first-order chi connectivity index (χ1) is 10.1. The number of aromatic nitrogens is 1. The maximum atomic E-state index is 12.2. The van der Waals surface area contributed by atoms with E-state index >= 15 is 0 Å². The molecule has 0 unspecified atom stereocenters. The molecule has 1 heterocycles. The molecular weight excluding hydrogens is 264 g/mol. The Bertz CT molecular complexity index is 722. The van der Waals surface area contributed by atoms with Crippen molar-refractivity contribution < 1.29 is 4.74 Å². The van der Waals surface area contributed by atoms with E-state index in [0.717, 1.165) is 17.0 Å². The maximum Gasteiger partial charge on any atom is 0.268 e. The number of nitrogens with zero attached hydrogens (tertiary/aromatic N) is 2. The van der Waals surface area contributed by atoms with Crippen LogP contribution in [0.5, 0.6) is 5.75 Å². The van der Waals surface area contributed by atoms with Crippen molar-refractivity contribution in [3.63, 3.8) is 0 Å². The summed E-state index contributed by atoms with van der Waals surface area (Å²) in [4.78, 5) is 12.2. The minimum atomic E-state index is -0.250. The smallest absolute Gasteiger partial charge is 0.268 e. The predicted molar refractivity (Wildman–Crippen MR) is 82.3 cm³/mol. The molecule has 0 spiro atoms. The van der Waals surface area contributed by atoms with Crippen LogP contribution in [-0.4, -0.2) is 10.7 Å². The monoisotopic (exact) mass is 282 g/mol. The third kappa shape index (κ3) is 3.14. The van der Waals surface area contributed by atoms with Crippen molar-refractivity contribution in [2.24, 2.45) is 0 Å². The normalized spacial score (nSPS) is 10.4. The zero-order valence-electron chi connectivity index (χ0n) is 12.5. The number of pyridine rings is 1. The van der Waals surface area contributed by atoms with E-state index in [-0.39, 0.29) is 17.2 Å². The van der Waals surface area contributed by atoms with Gasteiger partial charge < -0.3 is 9.30 Å². The van der Waals surface area contributed by atoms with Gasteiger partial charge in [0.05, 0.1) is 11.8 Å². The summed E-state index contributed by atoms with van der Waals surface area (Å²) in [5.41, 5.74) is 1.65. The maximum absolute atomic E-state index is 12.2. The molecule has 0 fully saturated rings. The average molecular weight is 282 g/mol. The van der Waals surface area contributed by atoms with Crippen molar-refractivity contribution in [1.82, 2.24) is 4.57 Å². The van der Waals surface area contributed by atoms with E-state index in [0.29, 0.717) is 6.54 Å². The van der Waals surface area contributed by atoms with Gasteiger partial charge in [0.25, 0.3) is 5.56 Å². The van der Waals surface area contributed by atoms with Crippen molar-refractivity contribution >= 4 is 0 Å².